The summed E-state index contributed by atoms with van der Waals surface area (Å²) < 4.78 is 0. The molecular weight excluding hydrogens is 135 g/mol. The number of carbonyl (C=O) groups is 1. The molecule has 0 N–H and O–H groups in total. The number of nitroso groups, excluding NO2 is 1. The molecule has 0 heterocycles. The Labute approximate surface area is 74.3 Å². The molecule has 0 bridgehead atoms. The van der Waals surface area contributed by atoms with Gasteiger partial charge in [0.15, 0.2) is 0 Å². The van der Waals surface area contributed by atoms with Crippen molar-refractivity contribution in [2.24, 2.45) is 5.29 Å². The maximum Gasteiger partial charge on any atom is 1.00 e. The Morgan fingerprint density at radius 3 is 2.33 bits per heavy atom. The van der Waals surface area contributed by atoms with Crippen molar-refractivity contribution in [3.8, 4) is 0 Å². The number of nitrogens with zero attached hydrogens (tertiary/aromatic N) is 2. The summed E-state index contributed by atoms with van der Waals surface area (Å²) in [5.41, 5.74) is 0. The van der Waals surface area contributed by atoms with Crippen LogP contribution in [0.3, 0.4) is 0 Å². The fourth-order valence-corrected chi connectivity index (χ4v) is 0.216. The molecule has 0 amide bonds. The van der Waals surface area contributed by atoms with E-state index >= 15 is 0 Å². The second kappa shape index (κ2) is 6.00. The second-order valence-electron chi connectivity index (χ2n) is 1.27. The molecule has 0 aliphatic heterocycles. The van der Waals surface area contributed by atoms with E-state index in [2.05, 4.69) is 5.29 Å². The van der Waals surface area contributed by atoms with Crippen molar-refractivity contribution in [3.05, 3.63) is 4.91 Å². The summed E-state index contributed by atoms with van der Waals surface area (Å²) in [5.74, 6) is -1.31. The first-order chi connectivity index (χ1) is 3.66. The molecule has 0 saturated carbocycles. The minimum atomic E-state index is -1.31. The maximum absolute atomic E-state index is 9.62. The summed E-state index contributed by atoms with van der Waals surface area (Å²) in [4.78, 5) is 19.0. The Morgan fingerprint density at radius 2 is 2.22 bits per heavy atom. The summed E-state index contributed by atoms with van der Waals surface area (Å²) >= 11 is 0. The van der Waals surface area contributed by atoms with E-state index in [1.807, 2.05) is 0 Å². The zero-order chi connectivity index (χ0) is 6.57. The van der Waals surface area contributed by atoms with Gasteiger partial charge >= 0.3 is 29.6 Å². The van der Waals surface area contributed by atoms with Gasteiger partial charge in [0, 0.05) is 7.05 Å². The van der Waals surface area contributed by atoms with Crippen LogP contribution in [0.1, 0.15) is 0 Å². The van der Waals surface area contributed by atoms with Gasteiger partial charge in [0.2, 0.25) is 0 Å². The molecular formula is C3H5N2NaO3. The standard InChI is InChI=1S/C3H6N2O3.Na/c1-5(4-8)2-3(6)7;/h2H2,1H3,(H,6,7);/q;+1/p-1. The van der Waals surface area contributed by atoms with Crippen LogP contribution in [0.2, 0.25) is 0 Å². The number of aliphatic carboxylic acids is 1. The zero-order valence-corrected chi connectivity index (χ0v) is 7.33. The van der Waals surface area contributed by atoms with Crippen LogP contribution in [-0.2, 0) is 4.79 Å². The van der Waals surface area contributed by atoms with Gasteiger partial charge in [0.25, 0.3) is 0 Å². The SMILES string of the molecule is CN(CC(=O)[O-])N=O.[Na+]. The van der Waals surface area contributed by atoms with Gasteiger partial charge in [-0.1, -0.05) is 0 Å². The van der Waals surface area contributed by atoms with Gasteiger partial charge in [-0.25, -0.2) is 0 Å². The summed E-state index contributed by atoms with van der Waals surface area (Å²) in [6.45, 7) is -0.455. The van der Waals surface area contributed by atoms with Crippen LogP contribution in [0.5, 0.6) is 0 Å². The summed E-state index contributed by atoms with van der Waals surface area (Å²) in [7, 11) is 1.25. The number of carboxylic acid groups (broad SMARTS) is 1. The summed E-state index contributed by atoms with van der Waals surface area (Å²) in [5, 5.41) is 12.6. The Kier molecular flexibility index (Phi) is 7.76. The van der Waals surface area contributed by atoms with E-state index in [4.69, 9.17) is 0 Å². The topological polar surface area (TPSA) is 72.8 Å². The normalized spacial score (nSPS) is 7.22. The first-order valence-electron chi connectivity index (χ1n) is 1.91. The van der Waals surface area contributed by atoms with Crippen LogP contribution in [-0.4, -0.2) is 24.6 Å². The number of hydrogen-bond donors (Lipinski definition) is 0. The molecule has 0 atom stereocenters. The van der Waals surface area contributed by atoms with Gasteiger partial charge in [0.1, 0.15) is 0 Å². The number of carbonyl (C=O) groups excluding carboxylic acids is 1. The van der Waals surface area contributed by atoms with Gasteiger partial charge in [0.05, 0.1) is 17.8 Å². The fraction of sp³-hybridized carbons (Fsp3) is 0.667. The number of carboxylic acids is 1. The molecule has 9 heavy (non-hydrogen) atoms. The van der Waals surface area contributed by atoms with Crippen molar-refractivity contribution >= 4 is 5.97 Å². The molecule has 6 heteroatoms. The minimum Gasteiger partial charge on any atom is -0.548 e. The quantitative estimate of drug-likeness (QED) is 0.224. The van der Waals surface area contributed by atoms with Crippen LogP contribution in [0.25, 0.3) is 0 Å². The van der Waals surface area contributed by atoms with E-state index in [0.717, 1.165) is 5.01 Å². The van der Waals surface area contributed by atoms with E-state index in [0.29, 0.717) is 0 Å². The molecule has 0 radical (unpaired) electrons. The summed E-state index contributed by atoms with van der Waals surface area (Å²) in [6, 6.07) is 0. The fourth-order valence-electron chi connectivity index (χ4n) is 0.216. The van der Waals surface area contributed by atoms with Crippen molar-refractivity contribution in [2.75, 3.05) is 13.6 Å². The second-order valence-corrected chi connectivity index (χ2v) is 1.27. The van der Waals surface area contributed by atoms with E-state index in [9.17, 15) is 14.8 Å². The third kappa shape index (κ3) is 7.87. The predicted molar refractivity (Wildman–Crippen MR) is 23.4 cm³/mol. The molecule has 46 valence electrons. The van der Waals surface area contributed by atoms with Crippen LogP contribution in [0.15, 0.2) is 5.29 Å². The van der Waals surface area contributed by atoms with Crippen molar-refractivity contribution in [1.29, 1.82) is 0 Å². The van der Waals surface area contributed by atoms with Crippen LogP contribution in [0, 0.1) is 4.91 Å². The molecule has 0 rings (SSSR count). The van der Waals surface area contributed by atoms with Gasteiger partial charge in [-0.15, -0.1) is 4.91 Å². The third-order valence-electron chi connectivity index (χ3n) is 0.497. The first-order valence-corrected chi connectivity index (χ1v) is 1.91. The average molecular weight is 140 g/mol. The van der Waals surface area contributed by atoms with Crippen molar-refractivity contribution < 1.29 is 39.5 Å². The molecule has 0 spiro atoms. The minimum absolute atomic E-state index is 0. The smallest absolute Gasteiger partial charge is 0.548 e. The monoisotopic (exact) mass is 140 g/mol. The van der Waals surface area contributed by atoms with E-state index in [1.54, 1.807) is 0 Å². The van der Waals surface area contributed by atoms with Gasteiger partial charge in [-0.2, -0.15) is 0 Å². The molecule has 0 aromatic rings. The number of hydrogen-bond acceptors (Lipinski definition) is 4. The van der Waals surface area contributed by atoms with Crippen LogP contribution >= 0.6 is 0 Å². The van der Waals surface area contributed by atoms with E-state index in [-0.39, 0.29) is 29.6 Å². The van der Waals surface area contributed by atoms with Crippen LogP contribution in [0.4, 0.5) is 0 Å². The number of rotatable bonds is 3. The van der Waals surface area contributed by atoms with Gasteiger partial charge < -0.3 is 9.90 Å². The molecule has 0 unspecified atom stereocenters. The Balaban J connectivity index is 0. The van der Waals surface area contributed by atoms with Gasteiger partial charge in [-0.3, -0.25) is 5.01 Å². The predicted octanol–water partition coefficient (Wildman–Crippen LogP) is -4.65. The largest absolute Gasteiger partial charge is 1.00 e. The maximum atomic E-state index is 9.62. The average Bonchev–Trinajstić information content (AvgIpc) is 1.65. The molecule has 0 saturated heterocycles. The molecule has 0 aromatic carbocycles. The van der Waals surface area contributed by atoms with Gasteiger partial charge in [-0.05, 0) is 0 Å². The molecule has 0 fully saturated rings. The zero-order valence-electron chi connectivity index (χ0n) is 5.33. The Hall–Kier alpha value is -0.130. The first kappa shape index (κ1) is 11.6. The van der Waals surface area contributed by atoms with E-state index < -0.39 is 12.5 Å². The summed E-state index contributed by atoms with van der Waals surface area (Å²) in [6.07, 6.45) is 0. The van der Waals surface area contributed by atoms with Crippen molar-refractivity contribution in [2.45, 2.75) is 0 Å². The van der Waals surface area contributed by atoms with Crippen molar-refractivity contribution in [1.82, 2.24) is 5.01 Å². The van der Waals surface area contributed by atoms with Crippen LogP contribution < -0.4 is 34.7 Å². The molecule has 0 aliphatic rings. The number of likely N-dealkylation sites (N-methyl/N-ethyl adjacent to an activating group) is 1. The van der Waals surface area contributed by atoms with E-state index in [1.165, 1.54) is 7.05 Å². The van der Waals surface area contributed by atoms with Crippen molar-refractivity contribution in [3.63, 3.8) is 0 Å². The Bertz CT molecular complexity index is 107. The third-order valence-corrected chi connectivity index (χ3v) is 0.497. The molecule has 5 nitrogen and oxygen atoms in total. The molecule has 0 aromatic heterocycles. The Morgan fingerprint density at radius 1 is 1.78 bits per heavy atom. The molecule has 0 aliphatic carbocycles.